The molecule has 2 aromatic carbocycles. The molecule has 2 amide bonds. The Labute approximate surface area is 183 Å². The van der Waals surface area contributed by atoms with E-state index < -0.39 is 0 Å². The number of amides is 2. The van der Waals surface area contributed by atoms with Crippen LogP contribution in [0.2, 0.25) is 0 Å². The molecule has 1 fully saturated rings. The van der Waals surface area contributed by atoms with Crippen LogP contribution < -0.4 is 19.5 Å². The van der Waals surface area contributed by atoms with Gasteiger partial charge in [-0.25, -0.2) is 0 Å². The second kappa shape index (κ2) is 11.2. The number of rotatable bonds is 9. The highest BCUT2D eigenvalue weighted by Gasteiger charge is 2.23. The van der Waals surface area contributed by atoms with E-state index in [1.54, 1.807) is 14.2 Å². The number of carbonyl (C=O) groups excluding carboxylic acids is 2. The summed E-state index contributed by atoms with van der Waals surface area (Å²) < 4.78 is 16.1. The number of aryl methyl sites for hydroxylation is 1. The molecule has 0 saturated carbocycles. The first-order chi connectivity index (χ1) is 15.1. The Bertz CT molecular complexity index is 864. The molecule has 0 unspecified atom stereocenters. The van der Waals surface area contributed by atoms with Gasteiger partial charge in [-0.2, -0.15) is 0 Å². The molecule has 0 spiro atoms. The molecule has 2 aromatic rings. The molecule has 31 heavy (non-hydrogen) atoms. The van der Waals surface area contributed by atoms with Gasteiger partial charge in [0, 0.05) is 25.6 Å². The molecule has 1 N–H and O–H groups in total. The predicted octanol–water partition coefficient (Wildman–Crippen LogP) is 2.82. The number of hydrogen-bond donors (Lipinski definition) is 1. The molecule has 0 aliphatic carbocycles. The van der Waals surface area contributed by atoms with Crippen LogP contribution in [0.3, 0.4) is 0 Å². The van der Waals surface area contributed by atoms with Gasteiger partial charge in [0.05, 0.1) is 14.2 Å². The molecule has 0 bridgehead atoms. The Morgan fingerprint density at radius 1 is 1.00 bits per heavy atom. The van der Waals surface area contributed by atoms with Crippen LogP contribution in [0.15, 0.2) is 48.5 Å². The summed E-state index contributed by atoms with van der Waals surface area (Å²) in [5.41, 5.74) is 1.03. The highest BCUT2D eigenvalue weighted by Crippen LogP contribution is 2.28. The van der Waals surface area contributed by atoms with Crippen molar-refractivity contribution < 1.29 is 23.8 Å². The van der Waals surface area contributed by atoms with Crippen molar-refractivity contribution in [1.82, 2.24) is 10.2 Å². The normalized spacial score (nSPS) is 14.1. The minimum atomic E-state index is -0.137. The average Bonchev–Trinajstić information content (AvgIpc) is 2.82. The van der Waals surface area contributed by atoms with Gasteiger partial charge in [-0.1, -0.05) is 24.3 Å². The number of benzene rings is 2. The second-order valence-electron chi connectivity index (χ2n) is 7.51. The third kappa shape index (κ3) is 6.64. The van der Waals surface area contributed by atoms with Gasteiger partial charge in [0.25, 0.3) is 5.91 Å². The van der Waals surface area contributed by atoms with E-state index in [-0.39, 0.29) is 24.5 Å². The van der Waals surface area contributed by atoms with E-state index in [1.807, 2.05) is 53.4 Å². The zero-order valence-electron chi connectivity index (χ0n) is 18.1. The SMILES string of the molecule is COc1ccc(CCC(=O)N2CCC(NC(=O)COc3ccccc3)CC2)cc1OC. The summed E-state index contributed by atoms with van der Waals surface area (Å²) in [4.78, 5) is 26.6. The number of hydrogen-bond acceptors (Lipinski definition) is 5. The Morgan fingerprint density at radius 2 is 1.71 bits per heavy atom. The Hall–Kier alpha value is -3.22. The van der Waals surface area contributed by atoms with Crippen molar-refractivity contribution >= 4 is 11.8 Å². The fraction of sp³-hybridized carbons (Fsp3) is 0.417. The van der Waals surface area contributed by atoms with E-state index in [9.17, 15) is 9.59 Å². The molecule has 0 aromatic heterocycles. The van der Waals surface area contributed by atoms with Crippen LogP contribution >= 0.6 is 0 Å². The molecule has 3 rings (SSSR count). The number of piperidine rings is 1. The molecular weight excluding hydrogens is 396 g/mol. The first-order valence-corrected chi connectivity index (χ1v) is 10.5. The number of nitrogens with one attached hydrogen (secondary N) is 1. The monoisotopic (exact) mass is 426 g/mol. The summed E-state index contributed by atoms with van der Waals surface area (Å²) in [5.74, 6) is 2.01. The first-order valence-electron chi connectivity index (χ1n) is 10.5. The lowest BCUT2D eigenvalue weighted by molar-refractivity contribution is -0.132. The molecule has 1 saturated heterocycles. The predicted molar refractivity (Wildman–Crippen MR) is 118 cm³/mol. The Kier molecular flexibility index (Phi) is 8.15. The number of likely N-dealkylation sites (tertiary alicyclic amines) is 1. The van der Waals surface area contributed by atoms with Crippen LogP contribution in [0, 0.1) is 0 Å². The minimum Gasteiger partial charge on any atom is -0.493 e. The number of methoxy groups -OCH3 is 2. The smallest absolute Gasteiger partial charge is 0.258 e. The molecule has 1 heterocycles. The maximum atomic E-state index is 12.6. The number of ether oxygens (including phenoxy) is 3. The van der Waals surface area contributed by atoms with Crippen molar-refractivity contribution in [2.24, 2.45) is 0 Å². The van der Waals surface area contributed by atoms with Crippen LogP contribution in [-0.2, 0) is 16.0 Å². The Morgan fingerprint density at radius 3 is 2.39 bits per heavy atom. The average molecular weight is 427 g/mol. The quantitative estimate of drug-likeness (QED) is 0.667. The van der Waals surface area contributed by atoms with Crippen molar-refractivity contribution in [1.29, 1.82) is 0 Å². The van der Waals surface area contributed by atoms with Gasteiger partial charge in [-0.05, 0) is 49.1 Å². The number of nitrogens with zero attached hydrogens (tertiary/aromatic N) is 1. The van der Waals surface area contributed by atoms with Gasteiger partial charge >= 0.3 is 0 Å². The molecule has 1 aliphatic heterocycles. The van der Waals surface area contributed by atoms with Crippen molar-refractivity contribution in [3.8, 4) is 17.2 Å². The standard InChI is InChI=1S/C24H30N2O5/c1-29-21-10-8-18(16-22(21)30-2)9-11-24(28)26-14-12-19(13-15-26)25-23(27)17-31-20-6-4-3-5-7-20/h3-8,10,16,19H,9,11-15,17H2,1-2H3,(H,25,27). The topological polar surface area (TPSA) is 77.1 Å². The van der Waals surface area contributed by atoms with E-state index >= 15 is 0 Å². The lowest BCUT2D eigenvalue weighted by Crippen LogP contribution is -2.47. The third-order valence-corrected chi connectivity index (χ3v) is 5.40. The van der Waals surface area contributed by atoms with Crippen LogP contribution in [-0.4, -0.2) is 56.7 Å². The summed E-state index contributed by atoms with van der Waals surface area (Å²) in [5, 5.41) is 3.00. The lowest BCUT2D eigenvalue weighted by atomic mass is 10.0. The molecule has 166 valence electrons. The van der Waals surface area contributed by atoms with E-state index in [0.717, 1.165) is 18.4 Å². The van der Waals surface area contributed by atoms with Gasteiger partial charge < -0.3 is 24.4 Å². The van der Waals surface area contributed by atoms with Crippen molar-refractivity contribution in [3.05, 3.63) is 54.1 Å². The maximum Gasteiger partial charge on any atom is 0.258 e. The van der Waals surface area contributed by atoms with Crippen LogP contribution in [0.4, 0.5) is 0 Å². The summed E-state index contributed by atoms with van der Waals surface area (Å²) in [6.07, 6.45) is 2.59. The number of para-hydroxylation sites is 1. The van der Waals surface area contributed by atoms with E-state index in [2.05, 4.69) is 5.32 Å². The van der Waals surface area contributed by atoms with Gasteiger partial charge in [0.2, 0.25) is 5.91 Å². The van der Waals surface area contributed by atoms with Crippen LogP contribution in [0.25, 0.3) is 0 Å². The van der Waals surface area contributed by atoms with Crippen molar-refractivity contribution in [2.75, 3.05) is 33.9 Å². The summed E-state index contributed by atoms with van der Waals surface area (Å²) in [7, 11) is 3.20. The molecule has 7 heteroatoms. The highest BCUT2D eigenvalue weighted by molar-refractivity contribution is 5.78. The molecule has 0 radical (unpaired) electrons. The van der Waals surface area contributed by atoms with Crippen LogP contribution in [0.1, 0.15) is 24.8 Å². The van der Waals surface area contributed by atoms with E-state index in [1.165, 1.54) is 0 Å². The number of carbonyl (C=O) groups is 2. The van der Waals surface area contributed by atoms with Crippen LogP contribution in [0.5, 0.6) is 17.2 Å². The van der Waals surface area contributed by atoms with Gasteiger partial charge in [-0.15, -0.1) is 0 Å². The van der Waals surface area contributed by atoms with Crippen molar-refractivity contribution in [2.45, 2.75) is 31.7 Å². The summed E-state index contributed by atoms with van der Waals surface area (Å²) in [6, 6.07) is 15.1. The zero-order chi connectivity index (χ0) is 22.1. The third-order valence-electron chi connectivity index (χ3n) is 5.40. The maximum absolute atomic E-state index is 12.6. The minimum absolute atomic E-state index is 0.00547. The van der Waals surface area contributed by atoms with Gasteiger partial charge in [0.15, 0.2) is 18.1 Å². The molecule has 1 aliphatic rings. The largest absolute Gasteiger partial charge is 0.493 e. The Balaban J connectivity index is 1.38. The molecule has 7 nitrogen and oxygen atoms in total. The molecule has 0 atom stereocenters. The van der Waals surface area contributed by atoms with E-state index in [0.29, 0.717) is 43.2 Å². The van der Waals surface area contributed by atoms with E-state index in [4.69, 9.17) is 14.2 Å². The van der Waals surface area contributed by atoms with Gasteiger partial charge in [-0.3, -0.25) is 9.59 Å². The zero-order valence-corrected chi connectivity index (χ0v) is 18.1. The fourth-order valence-electron chi connectivity index (χ4n) is 3.65. The fourth-order valence-corrected chi connectivity index (χ4v) is 3.65. The van der Waals surface area contributed by atoms with Gasteiger partial charge in [0.1, 0.15) is 5.75 Å². The van der Waals surface area contributed by atoms with Crippen molar-refractivity contribution in [3.63, 3.8) is 0 Å². The lowest BCUT2D eigenvalue weighted by Gasteiger charge is -2.32. The highest BCUT2D eigenvalue weighted by atomic mass is 16.5. The summed E-state index contributed by atoms with van der Waals surface area (Å²) in [6.45, 7) is 1.29. The molecular formula is C24H30N2O5. The first kappa shape index (κ1) is 22.5. The second-order valence-corrected chi connectivity index (χ2v) is 7.51. The summed E-state index contributed by atoms with van der Waals surface area (Å²) >= 11 is 0.